The van der Waals surface area contributed by atoms with Crippen LogP contribution in [0.5, 0.6) is 0 Å². The van der Waals surface area contributed by atoms with Crippen LogP contribution < -0.4 is 5.32 Å². The fraction of sp³-hybridized carbons (Fsp3) is 0.538. The van der Waals surface area contributed by atoms with E-state index in [1.54, 1.807) is 10.8 Å². The number of aromatic carboxylic acids is 1. The lowest BCUT2D eigenvalue weighted by atomic mass is 9.87. The molecule has 98 valence electrons. The second kappa shape index (κ2) is 6.00. The van der Waals surface area contributed by atoms with Crippen LogP contribution in [-0.2, 0) is 4.79 Å². The molecular weight excluding hydrogens is 250 g/mol. The Balaban J connectivity index is 1.90. The van der Waals surface area contributed by atoms with Gasteiger partial charge >= 0.3 is 5.97 Å². The molecule has 0 atom stereocenters. The number of carbonyl (C=O) groups excluding carboxylic acids is 1. The highest BCUT2D eigenvalue weighted by molar-refractivity contribution is 7.08. The smallest absolute Gasteiger partial charge is 0.338 e. The van der Waals surface area contributed by atoms with Gasteiger partial charge in [0.25, 0.3) is 0 Å². The number of carboxylic acid groups (broad SMARTS) is 1. The van der Waals surface area contributed by atoms with Crippen LogP contribution in [-0.4, -0.2) is 17.0 Å². The number of rotatable bonds is 4. The van der Waals surface area contributed by atoms with Crippen LogP contribution in [0.25, 0.3) is 0 Å². The van der Waals surface area contributed by atoms with Gasteiger partial charge in [-0.25, -0.2) is 4.79 Å². The van der Waals surface area contributed by atoms with Gasteiger partial charge in [-0.2, -0.15) is 0 Å². The number of anilines is 1. The van der Waals surface area contributed by atoms with Crippen molar-refractivity contribution in [2.45, 2.75) is 38.5 Å². The van der Waals surface area contributed by atoms with E-state index in [2.05, 4.69) is 5.32 Å². The molecule has 4 nitrogen and oxygen atoms in total. The maximum absolute atomic E-state index is 11.9. The Bertz CT molecular complexity index is 435. The Morgan fingerprint density at radius 1 is 1.28 bits per heavy atom. The minimum absolute atomic E-state index is 0.0669. The number of carbonyl (C=O) groups is 2. The van der Waals surface area contributed by atoms with Gasteiger partial charge < -0.3 is 10.4 Å². The minimum atomic E-state index is -0.996. The van der Waals surface area contributed by atoms with Crippen molar-refractivity contribution < 1.29 is 14.7 Å². The molecule has 0 aliphatic heterocycles. The molecule has 5 heteroatoms. The van der Waals surface area contributed by atoms with Gasteiger partial charge in [-0.15, -0.1) is 11.3 Å². The standard InChI is InChI=1S/C13H17NO3S/c15-12(6-9-4-2-1-3-5-9)14-11-8-18-7-10(11)13(16)17/h7-9H,1-6H2,(H,14,15)(H,16,17). The van der Waals surface area contributed by atoms with Crippen molar-refractivity contribution in [1.29, 1.82) is 0 Å². The number of thiophene rings is 1. The second-order valence-electron chi connectivity index (χ2n) is 4.76. The maximum atomic E-state index is 11.9. The summed E-state index contributed by atoms with van der Waals surface area (Å²) in [7, 11) is 0. The topological polar surface area (TPSA) is 66.4 Å². The monoisotopic (exact) mass is 267 g/mol. The molecule has 1 heterocycles. The van der Waals surface area contributed by atoms with E-state index in [1.807, 2.05) is 0 Å². The lowest BCUT2D eigenvalue weighted by Crippen LogP contribution is -2.19. The Morgan fingerprint density at radius 3 is 2.67 bits per heavy atom. The summed E-state index contributed by atoms with van der Waals surface area (Å²) < 4.78 is 0. The first kappa shape index (κ1) is 13.1. The number of hydrogen-bond donors (Lipinski definition) is 2. The van der Waals surface area contributed by atoms with E-state index in [0.29, 0.717) is 18.0 Å². The van der Waals surface area contributed by atoms with Crippen LogP contribution in [0.15, 0.2) is 10.8 Å². The molecule has 1 aromatic rings. The van der Waals surface area contributed by atoms with E-state index in [4.69, 9.17) is 5.11 Å². The fourth-order valence-corrected chi connectivity index (χ4v) is 3.17. The van der Waals surface area contributed by atoms with Crippen molar-refractivity contribution in [3.8, 4) is 0 Å². The first-order valence-electron chi connectivity index (χ1n) is 6.26. The van der Waals surface area contributed by atoms with Crippen molar-refractivity contribution in [2.24, 2.45) is 5.92 Å². The Morgan fingerprint density at radius 2 is 2.00 bits per heavy atom. The number of nitrogens with one attached hydrogen (secondary N) is 1. The first-order valence-corrected chi connectivity index (χ1v) is 7.20. The predicted octanol–water partition coefficient (Wildman–Crippen LogP) is 3.36. The SMILES string of the molecule is O=C(CC1CCCCC1)Nc1cscc1C(=O)O. The van der Waals surface area contributed by atoms with Gasteiger partial charge in [0.05, 0.1) is 11.3 Å². The van der Waals surface area contributed by atoms with E-state index < -0.39 is 5.97 Å². The average Bonchev–Trinajstić information content (AvgIpc) is 2.78. The molecule has 0 saturated heterocycles. The third-order valence-electron chi connectivity index (χ3n) is 3.37. The van der Waals surface area contributed by atoms with Gasteiger partial charge in [0.15, 0.2) is 0 Å². The number of amides is 1. The van der Waals surface area contributed by atoms with Gasteiger partial charge in [-0.1, -0.05) is 19.3 Å². The van der Waals surface area contributed by atoms with E-state index >= 15 is 0 Å². The third-order valence-corrected chi connectivity index (χ3v) is 4.11. The highest BCUT2D eigenvalue weighted by atomic mass is 32.1. The molecule has 0 spiro atoms. The van der Waals surface area contributed by atoms with Gasteiger partial charge in [0, 0.05) is 17.2 Å². The number of carboxylic acids is 1. The molecule has 1 saturated carbocycles. The van der Waals surface area contributed by atoms with Gasteiger partial charge in [-0.3, -0.25) is 4.79 Å². The van der Waals surface area contributed by atoms with Crippen molar-refractivity contribution in [1.82, 2.24) is 0 Å². The summed E-state index contributed by atoms with van der Waals surface area (Å²) in [5, 5.41) is 14.9. The van der Waals surface area contributed by atoms with Crippen LogP contribution in [0.2, 0.25) is 0 Å². The van der Waals surface area contributed by atoms with Crippen LogP contribution >= 0.6 is 11.3 Å². The maximum Gasteiger partial charge on any atom is 0.338 e. The summed E-state index contributed by atoms with van der Waals surface area (Å²) in [5.74, 6) is -0.599. The van der Waals surface area contributed by atoms with Crippen molar-refractivity contribution in [2.75, 3.05) is 5.32 Å². The summed E-state index contributed by atoms with van der Waals surface area (Å²) in [5.41, 5.74) is 0.602. The molecule has 0 radical (unpaired) electrons. The highest BCUT2D eigenvalue weighted by Crippen LogP contribution is 2.27. The van der Waals surface area contributed by atoms with Crippen LogP contribution in [0, 0.1) is 5.92 Å². The Labute approximate surface area is 110 Å². The van der Waals surface area contributed by atoms with Gasteiger partial charge in [0.2, 0.25) is 5.91 Å². The van der Waals surface area contributed by atoms with Crippen LogP contribution in [0.4, 0.5) is 5.69 Å². The van der Waals surface area contributed by atoms with E-state index in [9.17, 15) is 9.59 Å². The summed E-state index contributed by atoms with van der Waals surface area (Å²) in [6, 6.07) is 0. The summed E-state index contributed by atoms with van der Waals surface area (Å²) in [4.78, 5) is 22.8. The van der Waals surface area contributed by atoms with Crippen molar-refractivity contribution in [3.63, 3.8) is 0 Å². The Hall–Kier alpha value is -1.36. The molecule has 0 bridgehead atoms. The zero-order valence-corrected chi connectivity index (χ0v) is 11.0. The first-order chi connectivity index (χ1) is 8.66. The van der Waals surface area contributed by atoms with Crippen molar-refractivity contribution >= 4 is 28.9 Å². The van der Waals surface area contributed by atoms with E-state index in [0.717, 1.165) is 12.8 Å². The Kier molecular flexibility index (Phi) is 4.36. The van der Waals surface area contributed by atoms with Crippen LogP contribution in [0.1, 0.15) is 48.9 Å². The summed E-state index contributed by atoms with van der Waals surface area (Å²) in [6.45, 7) is 0. The molecule has 0 aromatic carbocycles. The summed E-state index contributed by atoms with van der Waals surface area (Å²) in [6.07, 6.45) is 6.42. The normalized spacial score (nSPS) is 16.4. The summed E-state index contributed by atoms with van der Waals surface area (Å²) >= 11 is 1.29. The van der Waals surface area contributed by atoms with E-state index in [1.165, 1.54) is 30.6 Å². The van der Waals surface area contributed by atoms with Gasteiger partial charge in [-0.05, 0) is 18.8 Å². The lowest BCUT2D eigenvalue weighted by Gasteiger charge is -2.20. The fourth-order valence-electron chi connectivity index (χ4n) is 2.41. The molecule has 1 fully saturated rings. The molecule has 18 heavy (non-hydrogen) atoms. The second-order valence-corrected chi connectivity index (χ2v) is 5.50. The number of hydrogen-bond acceptors (Lipinski definition) is 3. The largest absolute Gasteiger partial charge is 0.478 e. The molecule has 1 aliphatic rings. The molecule has 1 aromatic heterocycles. The molecule has 1 aliphatic carbocycles. The molecule has 0 unspecified atom stereocenters. The molecule has 1 amide bonds. The minimum Gasteiger partial charge on any atom is -0.478 e. The van der Waals surface area contributed by atoms with Gasteiger partial charge in [0.1, 0.15) is 0 Å². The van der Waals surface area contributed by atoms with E-state index in [-0.39, 0.29) is 11.5 Å². The third kappa shape index (κ3) is 3.32. The quantitative estimate of drug-likeness (QED) is 0.879. The zero-order chi connectivity index (χ0) is 13.0. The zero-order valence-electron chi connectivity index (χ0n) is 10.1. The predicted molar refractivity (Wildman–Crippen MR) is 71.1 cm³/mol. The highest BCUT2D eigenvalue weighted by Gasteiger charge is 2.19. The molecule has 2 N–H and O–H groups in total. The molecular formula is C13H17NO3S. The average molecular weight is 267 g/mol. The van der Waals surface area contributed by atoms with Crippen molar-refractivity contribution in [3.05, 3.63) is 16.3 Å². The lowest BCUT2D eigenvalue weighted by molar-refractivity contribution is -0.117. The van der Waals surface area contributed by atoms with Crippen LogP contribution in [0.3, 0.4) is 0 Å². The molecule has 2 rings (SSSR count).